The lowest BCUT2D eigenvalue weighted by atomic mass is 10.1. The molecule has 2 rings (SSSR count). The smallest absolute Gasteiger partial charge is 0.267 e. The number of benzene rings is 1. The largest absolute Gasteiger partial charge is 0.339 e. The van der Waals surface area contributed by atoms with E-state index in [0.29, 0.717) is 11.5 Å². The fourth-order valence-corrected chi connectivity index (χ4v) is 2.07. The van der Waals surface area contributed by atoms with E-state index in [1.54, 1.807) is 31.2 Å². The lowest BCUT2D eigenvalue weighted by molar-refractivity contribution is -0.131. The number of nitrogens with one attached hydrogen (secondary N) is 3. The van der Waals surface area contributed by atoms with Crippen molar-refractivity contribution >= 4 is 11.8 Å². The van der Waals surface area contributed by atoms with Gasteiger partial charge in [-0.25, -0.2) is 5.48 Å². The third-order valence-electron chi connectivity index (χ3n) is 3.68. The van der Waals surface area contributed by atoms with Gasteiger partial charge in [0, 0.05) is 36.2 Å². The fraction of sp³-hybridized carbons (Fsp3) is 0.333. The van der Waals surface area contributed by atoms with Crippen molar-refractivity contribution in [2.24, 2.45) is 11.7 Å². The third kappa shape index (κ3) is 5.33. The maximum absolute atomic E-state index is 12.2. The monoisotopic (exact) mass is 340 g/mol. The summed E-state index contributed by atoms with van der Waals surface area (Å²) in [6.07, 6.45) is 0. The van der Waals surface area contributed by atoms with Crippen LogP contribution in [-0.4, -0.2) is 42.2 Å². The summed E-state index contributed by atoms with van der Waals surface area (Å²) in [5.74, 6) is 10.7. The fourth-order valence-electron chi connectivity index (χ4n) is 2.07. The van der Waals surface area contributed by atoms with Gasteiger partial charge in [-0.2, -0.15) is 0 Å². The molecular formula is C18H20N4O3. The molecule has 0 aromatic heterocycles. The molecule has 25 heavy (non-hydrogen) atoms. The number of amides is 2. The van der Waals surface area contributed by atoms with Crippen LogP contribution in [0.5, 0.6) is 0 Å². The number of hydroxylamine groups is 1. The second kappa shape index (κ2) is 8.86. The zero-order valence-corrected chi connectivity index (χ0v) is 13.8. The zero-order chi connectivity index (χ0) is 18.2. The summed E-state index contributed by atoms with van der Waals surface area (Å²) in [5.41, 5.74) is 8.22. The Labute approximate surface area is 146 Å². The minimum absolute atomic E-state index is 0.355. The second-order valence-corrected chi connectivity index (χ2v) is 5.74. The van der Waals surface area contributed by atoms with Crippen LogP contribution in [0.1, 0.15) is 22.8 Å². The van der Waals surface area contributed by atoms with E-state index in [1.807, 2.05) is 0 Å². The van der Waals surface area contributed by atoms with Gasteiger partial charge in [0.2, 0.25) is 0 Å². The lowest BCUT2D eigenvalue weighted by Gasteiger charge is -2.20. The summed E-state index contributed by atoms with van der Waals surface area (Å²) in [5, 5.41) is 14.3. The molecule has 0 bridgehead atoms. The third-order valence-corrected chi connectivity index (χ3v) is 3.68. The Bertz CT molecular complexity index is 747. The van der Waals surface area contributed by atoms with E-state index in [2.05, 4.69) is 34.3 Å². The van der Waals surface area contributed by atoms with Crippen molar-refractivity contribution in [3.05, 3.63) is 35.4 Å². The molecular weight excluding hydrogens is 320 g/mol. The highest BCUT2D eigenvalue weighted by molar-refractivity contribution is 5.97. The number of carbonyl (C=O) groups is 2. The summed E-state index contributed by atoms with van der Waals surface area (Å²) < 4.78 is 0. The molecule has 1 fully saturated rings. The first-order valence-electron chi connectivity index (χ1n) is 7.84. The molecule has 1 heterocycles. The standard InChI is InChI=1S/C18H20N4O3/c1-12(19)16(18(24)22-25)21-17(23)15-8-6-13(7-9-15)4-2-3-5-14-10-20-11-14/h6-9,12,14,16,20,25H,10-11,19H2,1H3,(H,21,23)(H,22,24). The van der Waals surface area contributed by atoms with Gasteiger partial charge < -0.3 is 16.4 Å². The van der Waals surface area contributed by atoms with Gasteiger partial charge in [-0.1, -0.05) is 11.8 Å². The molecule has 0 radical (unpaired) electrons. The van der Waals surface area contributed by atoms with Gasteiger partial charge in [0.15, 0.2) is 0 Å². The molecule has 2 unspecified atom stereocenters. The molecule has 2 amide bonds. The molecule has 7 heteroatoms. The van der Waals surface area contributed by atoms with Crippen LogP contribution in [0.4, 0.5) is 0 Å². The van der Waals surface area contributed by atoms with Crippen molar-refractivity contribution in [3.8, 4) is 23.7 Å². The lowest BCUT2D eigenvalue weighted by Crippen LogP contribution is -2.54. The van der Waals surface area contributed by atoms with Crippen LogP contribution in [-0.2, 0) is 4.79 Å². The van der Waals surface area contributed by atoms with E-state index in [0.717, 1.165) is 18.7 Å². The van der Waals surface area contributed by atoms with Crippen LogP contribution in [0.2, 0.25) is 0 Å². The van der Waals surface area contributed by atoms with Crippen molar-refractivity contribution < 1.29 is 14.8 Å². The van der Waals surface area contributed by atoms with Crippen molar-refractivity contribution in [2.45, 2.75) is 19.0 Å². The van der Waals surface area contributed by atoms with E-state index in [-0.39, 0.29) is 0 Å². The van der Waals surface area contributed by atoms with Crippen LogP contribution in [0.25, 0.3) is 0 Å². The normalized spacial score (nSPS) is 15.3. The van der Waals surface area contributed by atoms with Gasteiger partial charge in [-0.3, -0.25) is 14.8 Å². The predicted octanol–water partition coefficient (Wildman–Crippen LogP) is -0.788. The number of hydrogen-bond acceptors (Lipinski definition) is 5. The first kappa shape index (κ1) is 18.5. The SMILES string of the molecule is CC(N)C(NC(=O)c1ccc(C#CC#CC2CNC2)cc1)C(=O)NO. The first-order chi connectivity index (χ1) is 12.0. The van der Waals surface area contributed by atoms with Gasteiger partial charge in [-0.15, -0.1) is 0 Å². The van der Waals surface area contributed by atoms with Crippen molar-refractivity contribution in [3.63, 3.8) is 0 Å². The van der Waals surface area contributed by atoms with Gasteiger partial charge in [0.25, 0.3) is 11.8 Å². The van der Waals surface area contributed by atoms with Crippen LogP contribution in [0, 0.1) is 29.6 Å². The predicted molar refractivity (Wildman–Crippen MR) is 92.3 cm³/mol. The maximum Gasteiger partial charge on any atom is 0.267 e. The Hall–Kier alpha value is -2.84. The van der Waals surface area contributed by atoms with E-state index in [9.17, 15) is 9.59 Å². The summed E-state index contributed by atoms with van der Waals surface area (Å²) in [4.78, 5) is 23.7. The minimum Gasteiger partial charge on any atom is -0.339 e. The Kier molecular flexibility index (Phi) is 6.55. The van der Waals surface area contributed by atoms with Gasteiger partial charge >= 0.3 is 0 Å². The van der Waals surface area contributed by atoms with Gasteiger partial charge in [0.05, 0.1) is 0 Å². The van der Waals surface area contributed by atoms with Crippen molar-refractivity contribution in [1.29, 1.82) is 0 Å². The average molecular weight is 340 g/mol. The number of hydrogen-bond donors (Lipinski definition) is 5. The Balaban J connectivity index is 1.98. The first-order valence-corrected chi connectivity index (χ1v) is 7.84. The Morgan fingerprint density at radius 1 is 1.28 bits per heavy atom. The minimum atomic E-state index is -1.03. The van der Waals surface area contributed by atoms with Crippen molar-refractivity contribution in [1.82, 2.24) is 16.1 Å². The van der Waals surface area contributed by atoms with Gasteiger partial charge in [0.1, 0.15) is 6.04 Å². The topological polar surface area (TPSA) is 116 Å². The molecule has 1 aromatic carbocycles. The van der Waals surface area contributed by atoms with E-state index in [4.69, 9.17) is 10.9 Å². The molecule has 0 spiro atoms. The molecule has 1 aromatic rings. The second-order valence-electron chi connectivity index (χ2n) is 5.74. The number of nitrogens with two attached hydrogens (primary N) is 1. The summed E-state index contributed by atoms with van der Waals surface area (Å²) in [7, 11) is 0. The highest BCUT2D eigenvalue weighted by Crippen LogP contribution is 2.04. The summed E-state index contributed by atoms with van der Waals surface area (Å²) in [6, 6.07) is 4.89. The zero-order valence-electron chi connectivity index (χ0n) is 13.8. The molecule has 0 saturated carbocycles. The van der Waals surface area contributed by atoms with Crippen molar-refractivity contribution in [2.75, 3.05) is 13.1 Å². The molecule has 130 valence electrons. The molecule has 6 N–H and O–H groups in total. The maximum atomic E-state index is 12.2. The molecule has 1 saturated heterocycles. The van der Waals surface area contributed by atoms with Gasteiger partial charge in [-0.05, 0) is 43.0 Å². The number of carbonyl (C=O) groups excluding carboxylic acids is 2. The summed E-state index contributed by atoms with van der Waals surface area (Å²) >= 11 is 0. The highest BCUT2D eigenvalue weighted by Gasteiger charge is 2.24. The van der Waals surface area contributed by atoms with E-state index in [1.165, 1.54) is 5.48 Å². The highest BCUT2D eigenvalue weighted by atomic mass is 16.5. The van der Waals surface area contributed by atoms with E-state index >= 15 is 0 Å². The summed E-state index contributed by atoms with van der Waals surface area (Å²) in [6.45, 7) is 3.38. The van der Waals surface area contributed by atoms with Crippen LogP contribution in [0.3, 0.4) is 0 Å². The van der Waals surface area contributed by atoms with Crippen LogP contribution in [0.15, 0.2) is 24.3 Å². The molecule has 1 aliphatic heterocycles. The molecule has 7 nitrogen and oxygen atoms in total. The van der Waals surface area contributed by atoms with Crippen LogP contribution < -0.4 is 21.8 Å². The Morgan fingerprint density at radius 2 is 1.96 bits per heavy atom. The Morgan fingerprint density at radius 3 is 2.48 bits per heavy atom. The quantitative estimate of drug-likeness (QED) is 0.280. The molecule has 0 aliphatic carbocycles. The number of rotatable bonds is 4. The van der Waals surface area contributed by atoms with E-state index < -0.39 is 23.9 Å². The average Bonchev–Trinajstić information content (AvgIpc) is 2.57. The molecule has 1 aliphatic rings. The molecule has 2 atom stereocenters. The van der Waals surface area contributed by atoms with Crippen LogP contribution >= 0.6 is 0 Å².